The standard InChI is InChI=1S/C9H10N4/c10-13-12-9-5-1-4-8-7(9)3-2-6-11-8/h2-3,6,9H,1,4-5H2/t9-/m0/s1. The third-order valence-corrected chi connectivity index (χ3v) is 2.37. The SMILES string of the molecule is [N-]=[N+]=N[C@H]1CCCc2ncccc21. The van der Waals surface area contributed by atoms with Gasteiger partial charge in [-0.2, -0.15) is 0 Å². The van der Waals surface area contributed by atoms with E-state index in [1.165, 1.54) is 0 Å². The zero-order valence-electron chi connectivity index (χ0n) is 7.22. The molecule has 1 heterocycles. The predicted octanol–water partition coefficient (Wildman–Crippen LogP) is 2.77. The average molecular weight is 174 g/mol. The normalized spacial score (nSPS) is 20.2. The quantitative estimate of drug-likeness (QED) is 0.367. The highest BCUT2D eigenvalue weighted by atomic mass is 15.1. The van der Waals surface area contributed by atoms with Gasteiger partial charge in [0.05, 0.1) is 6.04 Å². The molecule has 66 valence electrons. The molecule has 1 aromatic rings. The number of nitrogens with zero attached hydrogens (tertiary/aromatic N) is 4. The minimum absolute atomic E-state index is 0.00227. The third kappa shape index (κ3) is 1.48. The lowest BCUT2D eigenvalue weighted by molar-refractivity contribution is 0.558. The molecular formula is C9H10N4. The number of pyridine rings is 1. The van der Waals surface area contributed by atoms with Crippen LogP contribution in [-0.2, 0) is 6.42 Å². The Morgan fingerprint density at radius 3 is 3.38 bits per heavy atom. The Morgan fingerprint density at radius 1 is 1.62 bits per heavy atom. The van der Waals surface area contributed by atoms with Crippen LogP contribution < -0.4 is 0 Å². The molecule has 0 N–H and O–H groups in total. The molecule has 0 aromatic carbocycles. The molecule has 0 radical (unpaired) electrons. The van der Waals surface area contributed by atoms with Gasteiger partial charge in [0.25, 0.3) is 0 Å². The van der Waals surface area contributed by atoms with E-state index in [4.69, 9.17) is 5.53 Å². The summed E-state index contributed by atoms with van der Waals surface area (Å²) in [6.45, 7) is 0. The lowest BCUT2D eigenvalue weighted by atomic mass is 9.92. The van der Waals surface area contributed by atoms with Crippen LogP contribution in [0, 0.1) is 0 Å². The summed E-state index contributed by atoms with van der Waals surface area (Å²) < 4.78 is 0. The zero-order valence-corrected chi connectivity index (χ0v) is 7.22. The Kier molecular flexibility index (Phi) is 2.15. The van der Waals surface area contributed by atoms with Crippen molar-refractivity contribution in [3.8, 4) is 0 Å². The summed E-state index contributed by atoms with van der Waals surface area (Å²) in [4.78, 5) is 7.12. The number of hydrogen-bond donors (Lipinski definition) is 0. The monoisotopic (exact) mass is 174 g/mol. The van der Waals surface area contributed by atoms with Crippen LogP contribution in [0.1, 0.15) is 30.1 Å². The summed E-state index contributed by atoms with van der Waals surface area (Å²) in [5.74, 6) is 0. The van der Waals surface area contributed by atoms with Gasteiger partial charge < -0.3 is 0 Å². The summed E-state index contributed by atoms with van der Waals surface area (Å²) in [5, 5.41) is 3.77. The van der Waals surface area contributed by atoms with Gasteiger partial charge in [-0.05, 0) is 36.4 Å². The molecule has 0 fully saturated rings. The van der Waals surface area contributed by atoms with Crippen molar-refractivity contribution >= 4 is 0 Å². The minimum atomic E-state index is 0.00227. The summed E-state index contributed by atoms with van der Waals surface area (Å²) in [7, 11) is 0. The molecule has 0 saturated carbocycles. The Morgan fingerprint density at radius 2 is 2.54 bits per heavy atom. The van der Waals surface area contributed by atoms with E-state index in [9.17, 15) is 0 Å². The molecule has 1 atom stereocenters. The molecule has 1 aliphatic carbocycles. The van der Waals surface area contributed by atoms with E-state index < -0.39 is 0 Å². The molecule has 1 aliphatic rings. The topological polar surface area (TPSA) is 61.7 Å². The summed E-state index contributed by atoms with van der Waals surface area (Å²) in [6.07, 6.45) is 4.81. The van der Waals surface area contributed by atoms with Crippen LogP contribution in [-0.4, -0.2) is 4.98 Å². The first-order chi connectivity index (χ1) is 6.42. The first kappa shape index (κ1) is 8.08. The van der Waals surface area contributed by atoms with Gasteiger partial charge in [0, 0.05) is 16.8 Å². The van der Waals surface area contributed by atoms with E-state index in [1.54, 1.807) is 6.20 Å². The molecule has 4 nitrogen and oxygen atoms in total. The van der Waals surface area contributed by atoms with Crippen molar-refractivity contribution in [3.05, 3.63) is 40.0 Å². The smallest absolute Gasteiger partial charge is 0.0643 e. The first-order valence-corrected chi connectivity index (χ1v) is 4.40. The highest BCUT2D eigenvalue weighted by molar-refractivity contribution is 5.26. The highest BCUT2D eigenvalue weighted by Gasteiger charge is 2.18. The number of hydrogen-bond acceptors (Lipinski definition) is 2. The highest BCUT2D eigenvalue weighted by Crippen LogP contribution is 2.30. The molecule has 0 aliphatic heterocycles. The van der Waals surface area contributed by atoms with E-state index >= 15 is 0 Å². The largest absolute Gasteiger partial charge is 0.261 e. The minimum Gasteiger partial charge on any atom is -0.261 e. The summed E-state index contributed by atoms with van der Waals surface area (Å²) >= 11 is 0. The Labute approximate surface area is 76.2 Å². The second-order valence-corrected chi connectivity index (χ2v) is 3.15. The Hall–Kier alpha value is -1.54. The first-order valence-electron chi connectivity index (χ1n) is 4.40. The lowest BCUT2D eigenvalue weighted by Gasteiger charge is -2.19. The number of aryl methyl sites for hydroxylation is 1. The molecule has 0 bridgehead atoms. The van der Waals surface area contributed by atoms with Crippen LogP contribution in [0.15, 0.2) is 23.4 Å². The zero-order chi connectivity index (χ0) is 9.10. The van der Waals surface area contributed by atoms with E-state index in [0.717, 1.165) is 30.5 Å². The van der Waals surface area contributed by atoms with Crippen LogP contribution in [0.5, 0.6) is 0 Å². The fourth-order valence-corrected chi connectivity index (χ4v) is 1.76. The van der Waals surface area contributed by atoms with Crippen molar-refractivity contribution in [3.63, 3.8) is 0 Å². The van der Waals surface area contributed by atoms with Crippen LogP contribution in [0.25, 0.3) is 10.4 Å². The Bertz CT molecular complexity index is 354. The van der Waals surface area contributed by atoms with Crippen molar-refractivity contribution in [1.29, 1.82) is 0 Å². The number of azide groups is 1. The second-order valence-electron chi connectivity index (χ2n) is 3.15. The maximum atomic E-state index is 8.38. The van der Waals surface area contributed by atoms with E-state index in [2.05, 4.69) is 15.0 Å². The van der Waals surface area contributed by atoms with Crippen LogP contribution in [0.3, 0.4) is 0 Å². The molecule has 2 rings (SSSR count). The maximum absolute atomic E-state index is 8.38. The van der Waals surface area contributed by atoms with E-state index in [-0.39, 0.29) is 6.04 Å². The molecule has 4 heteroatoms. The van der Waals surface area contributed by atoms with Crippen LogP contribution in [0.2, 0.25) is 0 Å². The molecule has 0 amide bonds. The predicted molar refractivity (Wildman–Crippen MR) is 49.1 cm³/mol. The molecule has 0 saturated heterocycles. The van der Waals surface area contributed by atoms with Gasteiger partial charge in [0.1, 0.15) is 0 Å². The molecule has 0 unspecified atom stereocenters. The van der Waals surface area contributed by atoms with Crippen molar-refractivity contribution in [2.75, 3.05) is 0 Å². The maximum Gasteiger partial charge on any atom is 0.0643 e. The average Bonchev–Trinajstić information content (AvgIpc) is 2.19. The van der Waals surface area contributed by atoms with Crippen LogP contribution in [0.4, 0.5) is 0 Å². The Balaban J connectivity index is 2.42. The molecular weight excluding hydrogens is 164 g/mol. The summed E-state index contributed by atoms with van der Waals surface area (Å²) in [5.41, 5.74) is 10.6. The number of fused-ring (bicyclic) bond motifs is 1. The fraction of sp³-hybridized carbons (Fsp3) is 0.444. The van der Waals surface area contributed by atoms with Gasteiger partial charge >= 0.3 is 0 Å². The van der Waals surface area contributed by atoms with Gasteiger partial charge in [-0.1, -0.05) is 11.2 Å². The molecule has 1 aromatic heterocycles. The third-order valence-electron chi connectivity index (χ3n) is 2.37. The van der Waals surface area contributed by atoms with Crippen LogP contribution >= 0.6 is 0 Å². The van der Waals surface area contributed by atoms with Gasteiger partial charge in [-0.3, -0.25) is 4.98 Å². The summed E-state index contributed by atoms with van der Waals surface area (Å²) in [6, 6.07) is 3.90. The number of aromatic nitrogens is 1. The van der Waals surface area contributed by atoms with E-state index in [0.29, 0.717) is 0 Å². The fourth-order valence-electron chi connectivity index (χ4n) is 1.76. The van der Waals surface area contributed by atoms with Crippen molar-refractivity contribution < 1.29 is 0 Å². The van der Waals surface area contributed by atoms with Gasteiger partial charge in [-0.25, -0.2) is 0 Å². The second kappa shape index (κ2) is 3.46. The molecule has 13 heavy (non-hydrogen) atoms. The van der Waals surface area contributed by atoms with E-state index in [1.807, 2.05) is 12.1 Å². The van der Waals surface area contributed by atoms with Crippen molar-refractivity contribution in [2.45, 2.75) is 25.3 Å². The van der Waals surface area contributed by atoms with Crippen molar-refractivity contribution in [1.82, 2.24) is 4.98 Å². The van der Waals surface area contributed by atoms with Crippen molar-refractivity contribution in [2.24, 2.45) is 5.11 Å². The van der Waals surface area contributed by atoms with Gasteiger partial charge in [-0.15, -0.1) is 0 Å². The number of rotatable bonds is 1. The van der Waals surface area contributed by atoms with Gasteiger partial charge in [0.2, 0.25) is 0 Å². The van der Waals surface area contributed by atoms with Gasteiger partial charge in [0.15, 0.2) is 0 Å². The lowest BCUT2D eigenvalue weighted by Crippen LogP contribution is -2.08. The molecule has 0 spiro atoms.